The molecular weight excluding hydrogens is 352 g/mol. The zero-order valence-electron chi connectivity index (χ0n) is 16.0. The first kappa shape index (κ1) is 17.0. The van der Waals surface area contributed by atoms with Crippen molar-refractivity contribution in [3.8, 4) is 0 Å². The lowest BCUT2D eigenvalue weighted by molar-refractivity contribution is -0.131. The Kier molecular flexibility index (Phi) is 3.75. The third-order valence-electron chi connectivity index (χ3n) is 5.77. The summed E-state index contributed by atoms with van der Waals surface area (Å²) in [4.78, 5) is 29.4. The Balaban J connectivity index is 1.38. The minimum absolute atomic E-state index is 0.0965. The second-order valence-corrected chi connectivity index (χ2v) is 7.82. The van der Waals surface area contributed by atoms with Gasteiger partial charge in [-0.2, -0.15) is 5.10 Å². The van der Waals surface area contributed by atoms with Crippen molar-refractivity contribution < 1.29 is 9.59 Å². The molecule has 6 nitrogen and oxygen atoms in total. The number of anilines is 1. The molecule has 2 aromatic carbocycles. The highest BCUT2D eigenvalue weighted by Gasteiger charge is 2.36. The van der Waals surface area contributed by atoms with Crippen molar-refractivity contribution in [1.82, 2.24) is 15.1 Å². The van der Waals surface area contributed by atoms with Gasteiger partial charge in [-0.3, -0.25) is 19.6 Å². The summed E-state index contributed by atoms with van der Waals surface area (Å²) >= 11 is 0. The molecule has 1 aliphatic heterocycles. The molecule has 2 aliphatic rings. The van der Waals surface area contributed by atoms with Gasteiger partial charge in [-0.05, 0) is 43.4 Å². The number of aromatic amines is 1. The van der Waals surface area contributed by atoms with Gasteiger partial charge in [-0.15, -0.1) is 0 Å². The Morgan fingerprint density at radius 2 is 2.04 bits per heavy atom. The number of rotatable bonds is 5. The van der Waals surface area contributed by atoms with E-state index in [2.05, 4.69) is 10.2 Å². The van der Waals surface area contributed by atoms with Crippen LogP contribution in [0.4, 0.5) is 5.69 Å². The molecule has 1 fully saturated rings. The highest BCUT2D eigenvalue weighted by Crippen LogP contribution is 2.40. The van der Waals surface area contributed by atoms with Gasteiger partial charge in [0.1, 0.15) is 6.04 Å². The molecule has 0 unspecified atom stereocenters. The van der Waals surface area contributed by atoms with Gasteiger partial charge in [0.25, 0.3) is 5.91 Å². The summed E-state index contributed by atoms with van der Waals surface area (Å²) in [7, 11) is 1.77. The van der Waals surface area contributed by atoms with E-state index in [1.807, 2.05) is 42.5 Å². The molecule has 3 aromatic rings. The molecule has 0 radical (unpaired) electrons. The molecule has 0 bridgehead atoms. The fourth-order valence-electron chi connectivity index (χ4n) is 4.14. The molecular formula is C22H22N4O2. The van der Waals surface area contributed by atoms with Crippen molar-refractivity contribution in [3.05, 3.63) is 59.4 Å². The molecule has 2 heterocycles. The molecule has 28 heavy (non-hydrogen) atoms. The van der Waals surface area contributed by atoms with Crippen LogP contribution in [0.15, 0.2) is 42.5 Å². The van der Waals surface area contributed by atoms with Crippen LogP contribution >= 0.6 is 0 Å². The third kappa shape index (κ3) is 2.59. The highest BCUT2D eigenvalue weighted by molar-refractivity contribution is 6.26. The summed E-state index contributed by atoms with van der Waals surface area (Å²) < 4.78 is 0. The second kappa shape index (κ2) is 6.19. The zero-order chi connectivity index (χ0) is 19.4. The summed E-state index contributed by atoms with van der Waals surface area (Å²) in [5.41, 5.74) is 3.48. The summed E-state index contributed by atoms with van der Waals surface area (Å²) in [6.07, 6.45) is 2.39. The van der Waals surface area contributed by atoms with Crippen LogP contribution in [0, 0.1) is 0 Å². The van der Waals surface area contributed by atoms with Gasteiger partial charge in [0.05, 0.1) is 23.6 Å². The summed E-state index contributed by atoms with van der Waals surface area (Å²) in [5.74, 6) is 0.366. The molecule has 0 saturated heterocycles. The SMILES string of the molecule is C[C@@H](C(=O)N(C)Cc1cc(C2CC2)n[nH]1)N1C(=O)c2cccc3cccc1c23. The first-order chi connectivity index (χ1) is 13.5. The van der Waals surface area contributed by atoms with Crippen LogP contribution in [0.5, 0.6) is 0 Å². The molecule has 1 aromatic heterocycles. The number of amides is 2. The number of carbonyl (C=O) groups is 2. The maximum absolute atomic E-state index is 13.1. The molecule has 142 valence electrons. The van der Waals surface area contributed by atoms with Gasteiger partial charge in [-0.1, -0.05) is 24.3 Å². The fourth-order valence-corrected chi connectivity index (χ4v) is 4.14. The number of aromatic nitrogens is 2. The maximum atomic E-state index is 13.1. The zero-order valence-corrected chi connectivity index (χ0v) is 16.0. The van der Waals surface area contributed by atoms with Gasteiger partial charge in [0, 0.05) is 23.9 Å². The number of nitrogens with zero attached hydrogens (tertiary/aromatic N) is 3. The van der Waals surface area contributed by atoms with Crippen LogP contribution in [0.3, 0.4) is 0 Å². The Labute approximate surface area is 163 Å². The predicted molar refractivity (Wildman–Crippen MR) is 107 cm³/mol. The number of nitrogens with one attached hydrogen (secondary N) is 1. The quantitative estimate of drug-likeness (QED) is 0.744. The lowest BCUT2D eigenvalue weighted by atomic mass is 10.1. The van der Waals surface area contributed by atoms with Gasteiger partial charge in [0.15, 0.2) is 0 Å². The van der Waals surface area contributed by atoms with E-state index in [1.54, 1.807) is 23.8 Å². The minimum Gasteiger partial charge on any atom is -0.338 e. The topological polar surface area (TPSA) is 69.3 Å². The van der Waals surface area contributed by atoms with E-state index < -0.39 is 6.04 Å². The Morgan fingerprint density at radius 3 is 2.79 bits per heavy atom. The molecule has 1 aliphatic carbocycles. The Morgan fingerprint density at radius 1 is 1.29 bits per heavy atom. The Bertz CT molecular complexity index is 1090. The van der Waals surface area contributed by atoms with Crippen LogP contribution in [0.1, 0.15) is 47.4 Å². The minimum atomic E-state index is -0.582. The number of likely N-dealkylation sites (N-methyl/N-ethyl adjacent to an activating group) is 1. The van der Waals surface area contributed by atoms with Crippen molar-refractivity contribution in [3.63, 3.8) is 0 Å². The van der Waals surface area contributed by atoms with Crippen LogP contribution in [0.25, 0.3) is 10.8 Å². The normalized spacial score (nSPS) is 16.6. The predicted octanol–water partition coefficient (Wildman–Crippen LogP) is 3.45. The number of hydrogen-bond donors (Lipinski definition) is 1. The van der Waals surface area contributed by atoms with E-state index in [0.29, 0.717) is 18.0 Å². The largest absolute Gasteiger partial charge is 0.338 e. The lowest BCUT2D eigenvalue weighted by Gasteiger charge is -2.28. The molecule has 6 heteroatoms. The molecule has 1 N–H and O–H groups in total. The van der Waals surface area contributed by atoms with Crippen molar-refractivity contribution in [2.24, 2.45) is 0 Å². The van der Waals surface area contributed by atoms with E-state index in [1.165, 1.54) is 12.8 Å². The van der Waals surface area contributed by atoms with E-state index in [-0.39, 0.29) is 11.8 Å². The van der Waals surface area contributed by atoms with Gasteiger partial charge in [0.2, 0.25) is 5.91 Å². The molecule has 1 saturated carbocycles. The fraction of sp³-hybridized carbons (Fsp3) is 0.318. The average molecular weight is 374 g/mol. The molecule has 0 spiro atoms. The monoisotopic (exact) mass is 374 g/mol. The average Bonchev–Trinajstić information content (AvgIpc) is 3.39. The molecule has 5 rings (SSSR count). The van der Waals surface area contributed by atoms with Crippen LogP contribution in [-0.2, 0) is 11.3 Å². The van der Waals surface area contributed by atoms with Crippen molar-refractivity contribution in [1.29, 1.82) is 0 Å². The number of hydrogen-bond acceptors (Lipinski definition) is 3. The maximum Gasteiger partial charge on any atom is 0.259 e. The Hall–Kier alpha value is -3.15. The smallest absolute Gasteiger partial charge is 0.259 e. The molecule has 2 amide bonds. The van der Waals surface area contributed by atoms with E-state index >= 15 is 0 Å². The van der Waals surface area contributed by atoms with Crippen molar-refractivity contribution in [2.45, 2.75) is 38.3 Å². The summed E-state index contributed by atoms with van der Waals surface area (Å²) in [5, 5.41) is 9.33. The highest BCUT2D eigenvalue weighted by atomic mass is 16.2. The number of benzene rings is 2. The first-order valence-corrected chi connectivity index (χ1v) is 9.69. The van der Waals surface area contributed by atoms with Crippen LogP contribution in [0.2, 0.25) is 0 Å². The summed E-state index contributed by atoms with van der Waals surface area (Å²) in [6, 6.07) is 13.0. The van der Waals surface area contributed by atoms with Gasteiger partial charge < -0.3 is 4.90 Å². The lowest BCUT2D eigenvalue weighted by Crippen LogP contribution is -2.47. The molecule has 1 atom stereocenters. The van der Waals surface area contributed by atoms with Gasteiger partial charge in [-0.25, -0.2) is 0 Å². The number of H-pyrrole nitrogens is 1. The standard InChI is InChI=1S/C22H22N4O2/c1-13(21(27)25(2)12-16-11-18(24-23-16)14-9-10-14)26-19-8-4-6-15-5-3-7-17(20(15)19)22(26)28/h3-8,11,13-14H,9-10,12H2,1-2H3,(H,23,24)/t13-/m0/s1. The second-order valence-electron chi connectivity index (χ2n) is 7.82. The number of carbonyl (C=O) groups excluding carboxylic acids is 2. The first-order valence-electron chi connectivity index (χ1n) is 9.69. The van der Waals surface area contributed by atoms with Crippen molar-refractivity contribution >= 4 is 28.3 Å². The van der Waals surface area contributed by atoms with E-state index in [9.17, 15) is 9.59 Å². The van der Waals surface area contributed by atoms with Crippen LogP contribution < -0.4 is 4.90 Å². The van der Waals surface area contributed by atoms with E-state index in [4.69, 9.17) is 0 Å². The van der Waals surface area contributed by atoms with Gasteiger partial charge >= 0.3 is 0 Å². The van der Waals surface area contributed by atoms with E-state index in [0.717, 1.165) is 27.8 Å². The summed E-state index contributed by atoms with van der Waals surface area (Å²) in [6.45, 7) is 2.24. The third-order valence-corrected chi connectivity index (χ3v) is 5.77. The van der Waals surface area contributed by atoms with Crippen molar-refractivity contribution in [2.75, 3.05) is 11.9 Å². The van der Waals surface area contributed by atoms with Crippen LogP contribution in [-0.4, -0.2) is 40.0 Å².